The molecule has 2 aromatic carbocycles. The third kappa shape index (κ3) is 5.07. The molecule has 1 heterocycles. The number of nitrogens with one attached hydrogen (secondary N) is 4. The van der Waals surface area contributed by atoms with Gasteiger partial charge in [-0.15, -0.1) is 0 Å². The van der Waals surface area contributed by atoms with Crippen LogP contribution in [0.4, 0.5) is 24.5 Å². The summed E-state index contributed by atoms with van der Waals surface area (Å²) in [4.78, 5) is 42.7. The fraction of sp³-hybridized carbons (Fsp3) is 0.100. The Bertz CT molecular complexity index is 1120. The summed E-state index contributed by atoms with van der Waals surface area (Å²) in [6, 6.07) is 9.95. The van der Waals surface area contributed by atoms with Crippen LogP contribution in [0.3, 0.4) is 0 Å². The average Bonchev–Trinajstić information content (AvgIpc) is 3.24. The minimum absolute atomic E-state index is 0.00460. The Hall–Kier alpha value is -4.15. The second-order valence-corrected chi connectivity index (χ2v) is 6.27. The summed E-state index contributed by atoms with van der Waals surface area (Å²) < 4.78 is 38.4. The molecular weight excluding hydrogens is 415 g/mol. The minimum atomic E-state index is -4.55. The van der Waals surface area contributed by atoms with Gasteiger partial charge in [-0.2, -0.15) is 13.2 Å². The van der Waals surface area contributed by atoms with E-state index in [4.69, 9.17) is 0 Å². The van der Waals surface area contributed by atoms with Gasteiger partial charge in [-0.1, -0.05) is 6.07 Å². The van der Waals surface area contributed by atoms with E-state index in [1.807, 2.05) is 0 Å². The Morgan fingerprint density at radius 1 is 0.903 bits per heavy atom. The normalized spacial score (nSPS) is 11.0. The molecule has 3 rings (SSSR count). The van der Waals surface area contributed by atoms with Crippen molar-refractivity contribution in [3.8, 4) is 0 Å². The van der Waals surface area contributed by atoms with Crippen LogP contribution >= 0.6 is 0 Å². The van der Waals surface area contributed by atoms with E-state index in [1.165, 1.54) is 43.7 Å². The van der Waals surface area contributed by atoms with Crippen molar-refractivity contribution in [1.82, 2.24) is 15.3 Å². The van der Waals surface area contributed by atoms with E-state index in [1.54, 1.807) is 0 Å². The van der Waals surface area contributed by atoms with Crippen molar-refractivity contribution in [2.24, 2.45) is 0 Å². The van der Waals surface area contributed by atoms with Crippen LogP contribution < -0.4 is 16.0 Å². The lowest BCUT2D eigenvalue weighted by Crippen LogP contribution is -2.23. The maximum absolute atomic E-state index is 12.8. The highest BCUT2D eigenvalue weighted by Crippen LogP contribution is 2.29. The maximum Gasteiger partial charge on any atom is 0.416 e. The highest BCUT2D eigenvalue weighted by molar-refractivity contribution is 6.10. The molecule has 0 unspecified atom stereocenters. The number of imidazole rings is 1. The zero-order valence-corrected chi connectivity index (χ0v) is 16.0. The molecule has 0 aliphatic rings. The Morgan fingerprint density at radius 3 is 2.10 bits per heavy atom. The molecule has 31 heavy (non-hydrogen) atoms. The summed E-state index contributed by atoms with van der Waals surface area (Å²) in [5.74, 6) is -1.84. The third-order valence-electron chi connectivity index (χ3n) is 4.16. The number of benzene rings is 2. The van der Waals surface area contributed by atoms with E-state index in [2.05, 4.69) is 25.9 Å². The van der Waals surface area contributed by atoms with Crippen molar-refractivity contribution in [2.75, 3.05) is 17.7 Å². The molecule has 8 nitrogen and oxygen atoms in total. The molecule has 11 heteroatoms. The molecule has 0 radical (unpaired) electrons. The first kappa shape index (κ1) is 21.6. The average molecular weight is 431 g/mol. The number of nitrogens with zero attached hydrogens (tertiary/aromatic N) is 1. The quantitative estimate of drug-likeness (QED) is 0.496. The van der Waals surface area contributed by atoms with Crippen molar-refractivity contribution in [3.63, 3.8) is 0 Å². The van der Waals surface area contributed by atoms with Gasteiger partial charge in [0.2, 0.25) is 0 Å². The highest BCUT2D eigenvalue weighted by Gasteiger charge is 2.30. The number of aromatic nitrogens is 2. The fourth-order valence-corrected chi connectivity index (χ4v) is 2.63. The van der Waals surface area contributed by atoms with Crippen LogP contribution in [0.5, 0.6) is 0 Å². The summed E-state index contributed by atoms with van der Waals surface area (Å²) in [5.41, 5.74) is -0.495. The van der Waals surface area contributed by atoms with E-state index < -0.39 is 29.5 Å². The predicted octanol–water partition coefficient (Wildman–Crippen LogP) is 3.29. The number of H-pyrrole nitrogens is 1. The number of halogens is 3. The molecule has 0 saturated heterocycles. The molecule has 0 fully saturated rings. The molecule has 0 atom stereocenters. The third-order valence-corrected chi connectivity index (χ3v) is 4.16. The first-order valence-electron chi connectivity index (χ1n) is 8.84. The zero-order chi connectivity index (χ0) is 22.6. The van der Waals surface area contributed by atoms with Crippen LogP contribution in [0.1, 0.15) is 36.9 Å². The van der Waals surface area contributed by atoms with Gasteiger partial charge < -0.3 is 20.9 Å². The molecule has 4 N–H and O–H groups in total. The van der Waals surface area contributed by atoms with Gasteiger partial charge in [-0.05, 0) is 42.5 Å². The predicted molar refractivity (Wildman–Crippen MR) is 106 cm³/mol. The topological polar surface area (TPSA) is 116 Å². The van der Waals surface area contributed by atoms with Crippen LogP contribution in [0.25, 0.3) is 0 Å². The SMILES string of the molecule is CNC(=O)c1[nH]cnc1C(=O)Nc1ccc(NC(=O)c2cccc(C(F)(F)F)c2)cc1. The molecule has 0 spiro atoms. The van der Waals surface area contributed by atoms with Crippen molar-refractivity contribution in [1.29, 1.82) is 0 Å². The summed E-state index contributed by atoms with van der Waals surface area (Å²) in [7, 11) is 1.41. The Morgan fingerprint density at radius 2 is 1.52 bits per heavy atom. The number of carbonyl (C=O) groups is 3. The van der Waals surface area contributed by atoms with Gasteiger partial charge >= 0.3 is 6.18 Å². The molecule has 0 aliphatic heterocycles. The summed E-state index contributed by atoms with van der Waals surface area (Å²) >= 11 is 0. The highest BCUT2D eigenvalue weighted by atomic mass is 19.4. The Kier molecular flexibility index (Phi) is 6.05. The van der Waals surface area contributed by atoms with Crippen LogP contribution in [0, 0.1) is 0 Å². The number of anilines is 2. The van der Waals surface area contributed by atoms with E-state index >= 15 is 0 Å². The number of hydrogen-bond donors (Lipinski definition) is 4. The summed E-state index contributed by atoms with van der Waals surface area (Å²) in [6.45, 7) is 0. The number of alkyl halides is 3. The van der Waals surface area contributed by atoms with Crippen molar-refractivity contribution in [3.05, 3.63) is 77.4 Å². The first-order chi connectivity index (χ1) is 14.7. The van der Waals surface area contributed by atoms with E-state index in [-0.39, 0.29) is 17.0 Å². The standard InChI is InChI=1S/C20H16F3N5O3/c1-24-18(30)15-16(26-10-25-15)19(31)28-14-7-5-13(6-8-14)27-17(29)11-3-2-4-12(9-11)20(21,22)23/h2-10H,1H3,(H,24,30)(H,25,26)(H,27,29)(H,28,31). The van der Waals surface area contributed by atoms with Gasteiger partial charge in [-0.3, -0.25) is 14.4 Å². The van der Waals surface area contributed by atoms with Crippen molar-refractivity contribution >= 4 is 29.1 Å². The van der Waals surface area contributed by atoms with Gasteiger partial charge in [0.25, 0.3) is 17.7 Å². The maximum atomic E-state index is 12.8. The molecule has 160 valence electrons. The monoisotopic (exact) mass is 431 g/mol. The molecule has 0 bridgehead atoms. The van der Waals surface area contributed by atoms with Gasteiger partial charge in [0.15, 0.2) is 5.69 Å². The van der Waals surface area contributed by atoms with Crippen molar-refractivity contribution < 1.29 is 27.6 Å². The number of hydrogen-bond acceptors (Lipinski definition) is 4. The lowest BCUT2D eigenvalue weighted by molar-refractivity contribution is -0.137. The van der Waals surface area contributed by atoms with Gasteiger partial charge in [0.1, 0.15) is 5.69 Å². The second kappa shape index (κ2) is 8.69. The van der Waals surface area contributed by atoms with E-state index in [0.717, 1.165) is 18.2 Å². The molecule has 0 aliphatic carbocycles. The van der Waals surface area contributed by atoms with Gasteiger partial charge in [0.05, 0.1) is 11.9 Å². The Balaban J connectivity index is 1.67. The minimum Gasteiger partial charge on any atom is -0.354 e. The van der Waals surface area contributed by atoms with E-state index in [9.17, 15) is 27.6 Å². The lowest BCUT2D eigenvalue weighted by Gasteiger charge is -2.10. The smallest absolute Gasteiger partial charge is 0.354 e. The van der Waals surface area contributed by atoms with E-state index in [0.29, 0.717) is 11.4 Å². The summed E-state index contributed by atoms with van der Waals surface area (Å²) in [5, 5.41) is 7.43. The molecule has 1 aromatic heterocycles. The van der Waals surface area contributed by atoms with Crippen LogP contribution in [0.2, 0.25) is 0 Å². The van der Waals surface area contributed by atoms with Crippen LogP contribution in [0.15, 0.2) is 54.9 Å². The lowest BCUT2D eigenvalue weighted by atomic mass is 10.1. The largest absolute Gasteiger partial charge is 0.416 e. The Labute approximate surface area is 173 Å². The van der Waals surface area contributed by atoms with Crippen LogP contribution in [-0.4, -0.2) is 34.7 Å². The molecular formula is C20H16F3N5O3. The number of carbonyl (C=O) groups excluding carboxylic acids is 3. The number of aromatic amines is 1. The molecule has 0 saturated carbocycles. The molecule has 3 amide bonds. The van der Waals surface area contributed by atoms with Crippen LogP contribution in [-0.2, 0) is 6.18 Å². The first-order valence-corrected chi connectivity index (χ1v) is 8.84. The number of rotatable bonds is 5. The molecule has 3 aromatic rings. The summed E-state index contributed by atoms with van der Waals surface area (Å²) in [6.07, 6.45) is -3.34. The van der Waals surface area contributed by atoms with Gasteiger partial charge in [0, 0.05) is 24.0 Å². The number of amides is 3. The van der Waals surface area contributed by atoms with Gasteiger partial charge in [-0.25, -0.2) is 4.98 Å². The second-order valence-electron chi connectivity index (χ2n) is 6.27. The zero-order valence-electron chi connectivity index (χ0n) is 16.0. The fourth-order valence-electron chi connectivity index (χ4n) is 2.63. The van der Waals surface area contributed by atoms with Crippen molar-refractivity contribution in [2.45, 2.75) is 6.18 Å².